The van der Waals surface area contributed by atoms with Gasteiger partial charge < -0.3 is 0 Å². The summed E-state index contributed by atoms with van der Waals surface area (Å²) in [6.45, 7) is 0. The van der Waals surface area contributed by atoms with Crippen LogP contribution in [0.4, 0.5) is 0 Å². The highest BCUT2D eigenvalue weighted by molar-refractivity contribution is 5.83. The lowest BCUT2D eigenvalue weighted by atomic mass is 9.84. The van der Waals surface area contributed by atoms with Crippen molar-refractivity contribution in [2.75, 3.05) is 0 Å². The van der Waals surface area contributed by atoms with E-state index in [0.29, 0.717) is 5.92 Å². The molecule has 2 nitrogen and oxygen atoms in total. The molecular formula is C23H22N2. The Balaban J connectivity index is 1.34. The van der Waals surface area contributed by atoms with Crippen LogP contribution in [0.15, 0.2) is 65.8 Å². The number of hydrogen-bond donors (Lipinski definition) is 0. The molecule has 5 rings (SSSR count). The summed E-state index contributed by atoms with van der Waals surface area (Å²) in [4.78, 5) is 9.63. The highest BCUT2D eigenvalue weighted by Gasteiger charge is 2.40. The van der Waals surface area contributed by atoms with Crippen LogP contribution >= 0.6 is 0 Å². The largest absolute Gasteiger partial charge is 0.286 e. The molecule has 2 heterocycles. The maximum atomic E-state index is 5.00. The molecule has 0 saturated heterocycles. The molecule has 2 heteroatoms. The maximum Gasteiger partial charge on any atom is 0.0702 e. The molecule has 0 amide bonds. The van der Waals surface area contributed by atoms with E-state index in [0.717, 1.165) is 18.4 Å². The molecule has 0 radical (unpaired) electrons. The van der Waals surface area contributed by atoms with E-state index in [2.05, 4.69) is 72.0 Å². The van der Waals surface area contributed by atoms with Gasteiger partial charge >= 0.3 is 0 Å². The molecule has 1 aliphatic carbocycles. The van der Waals surface area contributed by atoms with Crippen LogP contribution < -0.4 is 0 Å². The van der Waals surface area contributed by atoms with Gasteiger partial charge in [0.15, 0.2) is 0 Å². The van der Waals surface area contributed by atoms with Crippen LogP contribution in [-0.2, 0) is 12.8 Å². The van der Waals surface area contributed by atoms with Gasteiger partial charge in [0.25, 0.3) is 0 Å². The predicted molar refractivity (Wildman–Crippen MR) is 103 cm³/mol. The summed E-state index contributed by atoms with van der Waals surface area (Å²) >= 11 is 0. The van der Waals surface area contributed by atoms with E-state index in [1.807, 2.05) is 0 Å². The van der Waals surface area contributed by atoms with Crippen molar-refractivity contribution in [3.63, 3.8) is 0 Å². The first kappa shape index (κ1) is 14.8. The molecule has 1 aliphatic heterocycles. The molecule has 2 atom stereocenters. The number of para-hydroxylation sites is 1. The Bertz CT molecular complexity index is 959. The third kappa shape index (κ3) is 2.76. The van der Waals surface area contributed by atoms with Gasteiger partial charge in [-0.3, -0.25) is 9.98 Å². The van der Waals surface area contributed by atoms with Crippen LogP contribution in [0.25, 0.3) is 10.9 Å². The smallest absolute Gasteiger partial charge is 0.0702 e. The van der Waals surface area contributed by atoms with E-state index in [9.17, 15) is 0 Å². The van der Waals surface area contributed by atoms with Crippen molar-refractivity contribution in [1.29, 1.82) is 0 Å². The van der Waals surface area contributed by atoms with Gasteiger partial charge in [-0.25, -0.2) is 0 Å². The zero-order valence-corrected chi connectivity index (χ0v) is 14.4. The van der Waals surface area contributed by atoms with E-state index < -0.39 is 0 Å². The normalized spacial score (nSPS) is 24.7. The van der Waals surface area contributed by atoms with Crippen molar-refractivity contribution < 1.29 is 0 Å². The number of benzene rings is 2. The van der Waals surface area contributed by atoms with E-state index >= 15 is 0 Å². The van der Waals surface area contributed by atoms with Crippen molar-refractivity contribution in [1.82, 2.24) is 4.98 Å². The average Bonchev–Trinajstić information content (AvgIpc) is 3.03. The molecule has 0 N–H and O–H groups in total. The third-order valence-electron chi connectivity index (χ3n) is 5.91. The Morgan fingerprint density at radius 3 is 2.92 bits per heavy atom. The zero-order valence-electron chi connectivity index (χ0n) is 14.4. The predicted octanol–water partition coefficient (Wildman–Crippen LogP) is 4.99. The second-order valence-corrected chi connectivity index (χ2v) is 7.71. The van der Waals surface area contributed by atoms with Gasteiger partial charge in [-0.15, -0.1) is 0 Å². The van der Waals surface area contributed by atoms with Gasteiger partial charge in [-0.2, -0.15) is 0 Å². The molecule has 1 spiro atoms. The van der Waals surface area contributed by atoms with Gasteiger partial charge in [-0.05, 0) is 66.8 Å². The number of fused-ring (bicyclic) bond motifs is 2. The monoisotopic (exact) mass is 326 g/mol. The fraction of sp³-hybridized carbons (Fsp3) is 0.304. The van der Waals surface area contributed by atoms with Crippen LogP contribution in [-0.4, -0.2) is 16.7 Å². The van der Waals surface area contributed by atoms with Crippen molar-refractivity contribution in [2.24, 2.45) is 10.9 Å². The van der Waals surface area contributed by atoms with Gasteiger partial charge in [0.2, 0.25) is 0 Å². The summed E-state index contributed by atoms with van der Waals surface area (Å²) in [5.41, 5.74) is 5.35. The molecule has 2 aliphatic rings. The van der Waals surface area contributed by atoms with Crippen LogP contribution in [0.5, 0.6) is 0 Å². The Morgan fingerprint density at radius 1 is 1.04 bits per heavy atom. The standard InChI is InChI=1S/C23H22N2/c1-2-7-21-16-25-23(14-20(21)6-1)10-9-17(13-23)11-18-12-19-5-3-4-8-22(19)24-15-18/h1-8,12,15-17H,9-11,13-14H2. The lowest BCUT2D eigenvalue weighted by Gasteiger charge is -2.29. The summed E-state index contributed by atoms with van der Waals surface area (Å²) in [5.74, 6) is 0.713. The summed E-state index contributed by atoms with van der Waals surface area (Å²) in [5, 5.41) is 1.25. The molecule has 3 aromatic rings. The molecule has 1 aromatic heterocycles. The van der Waals surface area contributed by atoms with Gasteiger partial charge in [-0.1, -0.05) is 42.5 Å². The van der Waals surface area contributed by atoms with Crippen LogP contribution in [0, 0.1) is 5.92 Å². The van der Waals surface area contributed by atoms with E-state index in [1.54, 1.807) is 0 Å². The van der Waals surface area contributed by atoms with Crippen molar-refractivity contribution in [3.05, 3.63) is 77.5 Å². The highest BCUT2D eigenvalue weighted by Crippen LogP contribution is 2.43. The van der Waals surface area contributed by atoms with Crippen LogP contribution in [0.1, 0.15) is 36.0 Å². The summed E-state index contributed by atoms with van der Waals surface area (Å²) < 4.78 is 0. The van der Waals surface area contributed by atoms with Gasteiger partial charge in [0.05, 0.1) is 11.1 Å². The second-order valence-electron chi connectivity index (χ2n) is 7.71. The molecule has 0 bridgehead atoms. The molecule has 2 aromatic carbocycles. The fourth-order valence-electron chi connectivity index (χ4n) is 4.66. The number of aliphatic imine (C=N–C) groups is 1. The van der Waals surface area contributed by atoms with Crippen LogP contribution in [0.2, 0.25) is 0 Å². The van der Waals surface area contributed by atoms with Gasteiger partial charge in [0, 0.05) is 17.8 Å². The minimum atomic E-state index is 0.142. The minimum absolute atomic E-state index is 0.142. The molecule has 1 saturated carbocycles. The third-order valence-corrected chi connectivity index (χ3v) is 5.91. The second kappa shape index (κ2) is 5.80. The minimum Gasteiger partial charge on any atom is -0.286 e. The zero-order chi connectivity index (χ0) is 16.7. The van der Waals surface area contributed by atoms with E-state index in [-0.39, 0.29) is 5.54 Å². The first-order chi connectivity index (χ1) is 12.3. The lowest BCUT2D eigenvalue weighted by molar-refractivity contribution is 0.410. The summed E-state index contributed by atoms with van der Waals surface area (Å²) in [6.07, 6.45) is 10.1. The lowest BCUT2D eigenvalue weighted by Crippen LogP contribution is -2.30. The van der Waals surface area contributed by atoms with Crippen LogP contribution in [0.3, 0.4) is 0 Å². The number of pyridine rings is 1. The Hall–Kier alpha value is -2.48. The molecular weight excluding hydrogens is 304 g/mol. The fourth-order valence-corrected chi connectivity index (χ4v) is 4.66. The Morgan fingerprint density at radius 2 is 1.92 bits per heavy atom. The number of rotatable bonds is 2. The number of aromatic nitrogens is 1. The van der Waals surface area contributed by atoms with E-state index in [4.69, 9.17) is 4.99 Å². The first-order valence-corrected chi connectivity index (χ1v) is 9.27. The quantitative estimate of drug-likeness (QED) is 0.651. The average molecular weight is 326 g/mol. The Kier molecular flexibility index (Phi) is 3.44. The first-order valence-electron chi connectivity index (χ1n) is 9.27. The van der Waals surface area contributed by atoms with Crippen molar-refractivity contribution >= 4 is 17.1 Å². The molecule has 124 valence electrons. The molecule has 2 unspecified atom stereocenters. The number of hydrogen-bond acceptors (Lipinski definition) is 2. The highest BCUT2D eigenvalue weighted by atomic mass is 14.9. The maximum absolute atomic E-state index is 5.00. The topological polar surface area (TPSA) is 25.2 Å². The molecule has 1 fully saturated rings. The van der Waals surface area contributed by atoms with E-state index in [1.165, 1.54) is 41.3 Å². The number of nitrogens with zero attached hydrogens (tertiary/aromatic N) is 2. The summed E-state index contributed by atoms with van der Waals surface area (Å²) in [6, 6.07) is 19.4. The van der Waals surface area contributed by atoms with Crippen molar-refractivity contribution in [3.8, 4) is 0 Å². The van der Waals surface area contributed by atoms with Crippen molar-refractivity contribution in [2.45, 2.75) is 37.6 Å². The SMILES string of the molecule is C1=NC2(CCC(Cc3cnc4ccccc4c3)C2)Cc2ccccc21. The molecule has 25 heavy (non-hydrogen) atoms. The van der Waals surface area contributed by atoms with Gasteiger partial charge in [0.1, 0.15) is 0 Å². The Labute approximate surface area is 148 Å². The summed E-state index contributed by atoms with van der Waals surface area (Å²) in [7, 11) is 0.